The lowest BCUT2D eigenvalue weighted by atomic mass is 10.1. The smallest absolute Gasteiger partial charge is 0.336 e. The van der Waals surface area contributed by atoms with Crippen molar-refractivity contribution in [3.8, 4) is 23.0 Å². The number of hydrogen-bond donors (Lipinski definition) is 1. The normalized spacial score (nSPS) is 14.3. The molecule has 1 heterocycles. The zero-order valence-electron chi connectivity index (χ0n) is 22.6. The van der Waals surface area contributed by atoms with Gasteiger partial charge in [-0.15, -0.1) is 0 Å². The third kappa shape index (κ3) is 6.21. The van der Waals surface area contributed by atoms with Gasteiger partial charge >= 0.3 is 6.03 Å². The Hall–Kier alpha value is -4.50. The summed E-state index contributed by atoms with van der Waals surface area (Å²) in [6, 6.07) is 14.9. The highest BCUT2D eigenvalue weighted by Gasteiger charge is 2.38. The average Bonchev–Trinajstić information content (AvgIpc) is 2.91. The minimum atomic E-state index is -0.905. The molecule has 0 aromatic heterocycles. The number of halogens is 1. The van der Waals surface area contributed by atoms with E-state index in [1.54, 1.807) is 31.2 Å². The molecule has 0 aliphatic carbocycles. The quantitative estimate of drug-likeness (QED) is 0.249. The van der Waals surface area contributed by atoms with Crippen molar-refractivity contribution < 1.29 is 33.3 Å². The fourth-order valence-corrected chi connectivity index (χ4v) is 4.44. The fourth-order valence-electron chi connectivity index (χ4n) is 4.17. The number of barbiturate groups is 1. The molecule has 3 aromatic carbocycles. The van der Waals surface area contributed by atoms with Gasteiger partial charge in [0.05, 0.1) is 31.0 Å². The molecule has 0 spiro atoms. The first kappa shape index (κ1) is 28.5. The minimum absolute atomic E-state index is 0.143. The molecule has 0 bridgehead atoms. The first-order chi connectivity index (χ1) is 19.2. The van der Waals surface area contributed by atoms with Gasteiger partial charge in [-0.2, -0.15) is 0 Å². The van der Waals surface area contributed by atoms with E-state index >= 15 is 0 Å². The molecule has 1 aliphatic rings. The van der Waals surface area contributed by atoms with Crippen LogP contribution < -0.4 is 29.2 Å². The lowest BCUT2D eigenvalue weighted by Gasteiger charge is -2.28. The Morgan fingerprint density at radius 3 is 2.40 bits per heavy atom. The van der Waals surface area contributed by atoms with Crippen LogP contribution in [0.25, 0.3) is 6.08 Å². The molecule has 1 saturated heterocycles. The summed E-state index contributed by atoms with van der Waals surface area (Å²) in [6.45, 7) is 6.52. The van der Waals surface area contributed by atoms with E-state index in [1.165, 1.54) is 19.3 Å². The molecule has 0 radical (unpaired) electrons. The highest BCUT2D eigenvalue weighted by atomic mass is 35.5. The van der Waals surface area contributed by atoms with Crippen LogP contribution in [-0.4, -0.2) is 38.2 Å². The van der Waals surface area contributed by atoms with Crippen LogP contribution in [0.5, 0.6) is 23.0 Å². The number of carbonyl (C=O) groups is 3. The maximum Gasteiger partial charge on any atom is 0.336 e. The maximum atomic E-state index is 13.6. The van der Waals surface area contributed by atoms with E-state index in [9.17, 15) is 14.4 Å². The van der Waals surface area contributed by atoms with Crippen LogP contribution in [0.15, 0.2) is 60.2 Å². The number of ether oxygens (including phenoxy) is 4. The van der Waals surface area contributed by atoms with Gasteiger partial charge in [-0.3, -0.25) is 14.9 Å². The van der Waals surface area contributed by atoms with E-state index in [2.05, 4.69) is 5.32 Å². The summed E-state index contributed by atoms with van der Waals surface area (Å²) in [5.74, 6) is -0.340. The molecule has 1 N–H and O–H groups in total. The first-order valence-electron chi connectivity index (χ1n) is 12.6. The molecular formula is C30H29ClN2O7. The van der Waals surface area contributed by atoms with Gasteiger partial charge in [0.15, 0.2) is 11.5 Å². The summed E-state index contributed by atoms with van der Waals surface area (Å²) in [6.07, 6.45) is 1.34. The van der Waals surface area contributed by atoms with Gasteiger partial charge in [-0.05, 0) is 62.2 Å². The maximum absolute atomic E-state index is 13.6. The van der Waals surface area contributed by atoms with Crippen LogP contribution in [-0.2, 0) is 16.2 Å². The number of imide groups is 2. The summed E-state index contributed by atoms with van der Waals surface area (Å²) in [5, 5.41) is 2.44. The molecule has 10 heteroatoms. The van der Waals surface area contributed by atoms with Gasteiger partial charge in [-0.25, -0.2) is 9.69 Å². The topological polar surface area (TPSA) is 103 Å². The highest BCUT2D eigenvalue weighted by Crippen LogP contribution is 2.39. The predicted octanol–water partition coefficient (Wildman–Crippen LogP) is 5.70. The van der Waals surface area contributed by atoms with Gasteiger partial charge in [-0.1, -0.05) is 41.4 Å². The molecule has 0 unspecified atom stereocenters. The van der Waals surface area contributed by atoms with Crippen LogP contribution in [0.4, 0.5) is 10.5 Å². The van der Waals surface area contributed by atoms with Crippen LogP contribution in [0.2, 0.25) is 5.02 Å². The van der Waals surface area contributed by atoms with E-state index in [0.717, 1.165) is 16.0 Å². The zero-order chi connectivity index (χ0) is 28.8. The van der Waals surface area contributed by atoms with Crippen molar-refractivity contribution in [1.82, 2.24) is 5.32 Å². The number of amides is 4. The Labute approximate surface area is 237 Å². The number of urea groups is 1. The molecule has 40 heavy (non-hydrogen) atoms. The number of benzene rings is 3. The van der Waals surface area contributed by atoms with Gasteiger partial charge in [0.2, 0.25) is 0 Å². The Morgan fingerprint density at radius 2 is 1.70 bits per heavy atom. The molecule has 3 aromatic rings. The Kier molecular flexibility index (Phi) is 8.96. The number of nitrogens with one attached hydrogen (secondary N) is 1. The van der Waals surface area contributed by atoms with Crippen molar-refractivity contribution in [3.05, 3.63) is 81.9 Å². The summed E-state index contributed by atoms with van der Waals surface area (Å²) in [7, 11) is 1.46. The highest BCUT2D eigenvalue weighted by molar-refractivity contribution is 6.39. The van der Waals surface area contributed by atoms with Crippen LogP contribution >= 0.6 is 11.6 Å². The number of anilines is 1. The van der Waals surface area contributed by atoms with Crippen molar-refractivity contribution in [2.24, 2.45) is 0 Å². The molecule has 208 valence electrons. The van der Waals surface area contributed by atoms with Gasteiger partial charge < -0.3 is 18.9 Å². The average molecular weight is 565 g/mol. The van der Waals surface area contributed by atoms with Crippen molar-refractivity contribution in [2.75, 3.05) is 25.2 Å². The fraction of sp³-hybridized carbons (Fsp3) is 0.233. The van der Waals surface area contributed by atoms with E-state index < -0.39 is 17.8 Å². The van der Waals surface area contributed by atoms with E-state index in [1.807, 2.05) is 38.1 Å². The Morgan fingerprint density at radius 1 is 0.925 bits per heavy atom. The lowest BCUT2D eigenvalue weighted by molar-refractivity contribution is -0.122. The third-order valence-corrected chi connectivity index (χ3v) is 6.19. The standard InChI is InChI=1S/C30H29ClN2O7/c1-5-38-21-10-11-25(39-6-2)24(16-21)33-29(35)22(28(34)32-30(33)36)13-20-14-23(31)27(26(15-20)37-4)40-17-19-9-7-8-18(3)12-19/h7-16H,5-6,17H2,1-4H3,(H,32,34,36)/b22-13+. The van der Waals surface area contributed by atoms with Crippen molar-refractivity contribution in [2.45, 2.75) is 27.4 Å². The Balaban J connectivity index is 1.68. The predicted molar refractivity (Wildman–Crippen MR) is 151 cm³/mol. The van der Waals surface area contributed by atoms with Crippen LogP contribution in [0.3, 0.4) is 0 Å². The third-order valence-electron chi connectivity index (χ3n) is 5.91. The van der Waals surface area contributed by atoms with Crippen molar-refractivity contribution in [1.29, 1.82) is 0 Å². The first-order valence-corrected chi connectivity index (χ1v) is 13.0. The van der Waals surface area contributed by atoms with E-state index in [4.69, 9.17) is 30.5 Å². The molecule has 1 fully saturated rings. The summed E-state index contributed by atoms with van der Waals surface area (Å²) in [5.41, 5.74) is 2.31. The summed E-state index contributed by atoms with van der Waals surface area (Å²) < 4.78 is 22.6. The van der Waals surface area contributed by atoms with Crippen LogP contribution in [0.1, 0.15) is 30.5 Å². The zero-order valence-corrected chi connectivity index (χ0v) is 23.3. The van der Waals surface area contributed by atoms with E-state index in [0.29, 0.717) is 36.0 Å². The SMILES string of the molecule is CCOc1ccc(OCC)c(N2C(=O)NC(=O)/C(=C\c3cc(Cl)c(OCc4cccc(C)c4)c(OC)c3)C2=O)c1. The summed E-state index contributed by atoms with van der Waals surface area (Å²) in [4.78, 5) is 40.0. The second kappa shape index (κ2) is 12.6. The van der Waals surface area contributed by atoms with E-state index in [-0.39, 0.29) is 28.6 Å². The number of nitrogens with zero attached hydrogens (tertiary/aromatic N) is 1. The van der Waals surface area contributed by atoms with Crippen molar-refractivity contribution >= 4 is 41.2 Å². The number of hydrogen-bond acceptors (Lipinski definition) is 7. The number of aryl methyl sites for hydroxylation is 1. The lowest BCUT2D eigenvalue weighted by Crippen LogP contribution is -2.54. The second-order valence-corrected chi connectivity index (χ2v) is 9.17. The largest absolute Gasteiger partial charge is 0.494 e. The van der Waals surface area contributed by atoms with Crippen molar-refractivity contribution in [3.63, 3.8) is 0 Å². The van der Waals surface area contributed by atoms with Gasteiger partial charge in [0.25, 0.3) is 11.8 Å². The summed E-state index contributed by atoms with van der Waals surface area (Å²) >= 11 is 6.54. The molecule has 0 atom stereocenters. The monoisotopic (exact) mass is 564 g/mol. The molecule has 1 aliphatic heterocycles. The number of methoxy groups -OCH3 is 1. The van der Waals surface area contributed by atoms with Gasteiger partial charge in [0, 0.05) is 6.07 Å². The second-order valence-electron chi connectivity index (χ2n) is 8.77. The number of rotatable bonds is 10. The minimum Gasteiger partial charge on any atom is -0.494 e. The molecule has 0 saturated carbocycles. The Bertz CT molecular complexity index is 1480. The van der Waals surface area contributed by atoms with Gasteiger partial charge in [0.1, 0.15) is 23.7 Å². The van der Waals surface area contributed by atoms with Crippen LogP contribution in [0, 0.1) is 6.92 Å². The number of carbonyl (C=O) groups excluding carboxylic acids is 3. The molecule has 9 nitrogen and oxygen atoms in total. The molecule has 4 amide bonds. The molecule has 4 rings (SSSR count). The molecular weight excluding hydrogens is 536 g/mol.